The van der Waals surface area contributed by atoms with E-state index in [9.17, 15) is 17.6 Å². The number of hydrogen-bond donors (Lipinski definition) is 2. The number of benzene rings is 3. The molecule has 1 amide bonds. The largest absolute Gasteiger partial charge is 0.338 e. The number of H-pyrrole nitrogens is 1. The molecule has 0 aliphatic carbocycles. The first-order chi connectivity index (χ1) is 15.9. The maximum Gasteiger partial charge on any atom is 0.243 e. The van der Waals surface area contributed by atoms with E-state index in [1.165, 1.54) is 16.4 Å². The van der Waals surface area contributed by atoms with Gasteiger partial charge in [0.2, 0.25) is 15.9 Å². The van der Waals surface area contributed by atoms with Gasteiger partial charge in [0, 0.05) is 17.8 Å². The van der Waals surface area contributed by atoms with E-state index in [0.717, 1.165) is 28.7 Å². The third kappa shape index (κ3) is 4.12. The van der Waals surface area contributed by atoms with Gasteiger partial charge in [-0.2, -0.15) is 4.31 Å². The fourth-order valence-corrected chi connectivity index (χ4v) is 5.75. The number of aromatic nitrogens is 2. The Morgan fingerprint density at radius 3 is 2.64 bits per heavy atom. The molecule has 7 nitrogen and oxygen atoms in total. The van der Waals surface area contributed by atoms with Crippen molar-refractivity contribution in [3.8, 4) is 11.4 Å². The second-order valence-electron chi connectivity index (χ2n) is 7.90. The molecule has 1 aliphatic rings. The maximum absolute atomic E-state index is 13.2. The smallest absolute Gasteiger partial charge is 0.243 e. The van der Waals surface area contributed by atoms with Crippen molar-refractivity contribution in [1.82, 2.24) is 14.3 Å². The summed E-state index contributed by atoms with van der Waals surface area (Å²) in [5.74, 6) is -0.248. The summed E-state index contributed by atoms with van der Waals surface area (Å²) in [5.41, 5.74) is 3.10. The number of nitrogens with one attached hydrogen (secondary N) is 2. The lowest BCUT2D eigenvalue weighted by atomic mass is 10.1. The monoisotopic (exact) mass is 464 g/mol. The van der Waals surface area contributed by atoms with E-state index >= 15 is 0 Å². The van der Waals surface area contributed by atoms with Crippen LogP contribution in [0.15, 0.2) is 77.7 Å². The standard InChI is InChI=1S/C24H21FN4O3S/c25-17-10-12-19(13-11-17)33(31,32)29-14-4-9-22(29)24(30)26-18-6-3-5-16(15-18)23-27-20-7-1-2-8-21(20)28-23/h1-3,5-8,10-13,15,22H,4,9,14H2,(H,26,30)(H,27,28)/t22-/m1/s1. The normalized spacial score (nSPS) is 16.8. The molecule has 0 radical (unpaired) electrons. The molecule has 0 saturated carbocycles. The Morgan fingerprint density at radius 1 is 1.06 bits per heavy atom. The molecule has 168 valence electrons. The average molecular weight is 465 g/mol. The van der Waals surface area contributed by atoms with Crippen LogP contribution in [-0.4, -0.2) is 41.2 Å². The molecule has 1 aliphatic heterocycles. The van der Waals surface area contributed by atoms with E-state index in [-0.39, 0.29) is 11.4 Å². The van der Waals surface area contributed by atoms with Crippen LogP contribution < -0.4 is 5.32 Å². The van der Waals surface area contributed by atoms with Gasteiger partial charge in [-0.25, -0.2) is 17.8 Å². The summed E-state index contributed by atoms with van der Waals surface area (Å²) in [6, 6.07) is 18.7. The molecule has 0 spiro atoms. The number of carbonyl (C=O) groups is 1. The Bertz CT molecular complexity index is 1400. The average Bonchev–Trinajstić information content (AvgIpc) is 3.47. The van der Waals surface area contributed by atoms with Crippen molar-refractivity contribution in [2.45, 2.75) is 23.8 Å². The molecule has 1 fully saturated rings. The molecule has 1 aromatic heterocycles. The van der Waals surface area contributed by atoms with Crippen LogP contribution in [0.1, 0.15) is 12.8 Å². The summed E-state index contributed by atoms with van der Waals surface area (Å²) in [5, 5.41) is 2.84. The molecule has 3 aromatic carbocycles. The number of aromatic amines is 1. The van der Waals surface area contributed by atoms with Crippen molar-refractivity contribution in [3.05, 3.63) is 78.6 Å². The van der Waals surface area contributed by atoms with E-state index < -0.39 is 27.8 Å². The van der Waals surface area contributed by atoms with Crippen LogP contribution in [0.25, 0.3) is 22.4 Å². The number of hydrogen-bond acceptors (Lipinski definition) is 4. The lowest BCUT2D eigenvalue weighted by Crippen LogP contribution is -2.43. The lowest BCUT2D eigenvalue weighted by molar-refractivity contribution is -0.119. The Morgan fingerprint density at radius 2 is 1.85 bits per heavy atom. The molecule has 4 aromatic rings. The molecular formula is C24H21FN4O3S. The second-order valence-corrected chi connectivity index (χ2v) is 9.79. The summed E-state index contributed by atoms with van der Waals surface area (Å²) < 4.78 is 40.5. The maximum atomic E-state index is 13.2. The molecule has 0 unspecified atom stereocenters. The van der Waals surface area contributed by atoms with E-state index in [1.807, 2.05) is 30.3 Å². The highest BCUT2D eigenvalue weighted by molar-refractivity contribution is 7.89. The Kier molecular flexibility index (Phi) is 5.43. The minimum Gasteiger partial charge on any atom is -0.338 e. The number of amides is 1. The van der Waals surface area contributed by atoms with Crippen molar-refractivity contribution in [1.29, 1.82) is 0 Å². The number of halogens is 1. The summed E-state index contributed by atoms with van der Waals surface area (Å²) in [6.45, 7) is 0.233. The number of imidazole rings is 1. The number of fused-ring (bicyclic) bond motifs is 1. The fraction of sp³-hybridized carbons (Fsp3) is 0.167. The Labute approximate surface area is 190 Å². The number of sulfonamides is 1. The molecule has 5 rings (SSSR count). The van der Waals surface area contributed by atoms with Gasteiger partial charge in [-0.3, -0.25) is 4.79 Å². The highest BCUT2D eigenvalue weighted by Gasteiger charge is 2.39. The van der Waals surface area contributed by atoms with Crippen molar-refractivity contribution in [2.24, 2.45) is 0 Å². The van der Waals surface area contributed by atoms with Gasteiger partial charge in [-0.15, -0.1) is 0 Å². The van der Waals surface area contributed by atoms with E-state index in [2.05, 4.69) is 15.3 Å². The first-order valence-electron chi connectivity index (χ1n) is 10.6. The van der Waals surface area contributed by atoms with Gasteiger partial charge >= 0.3 is 0 Å². The second kappa shape index (κ2) is 8.42. The van der Waals surface area contributed by atoms with Gasteiger partial charge in [0.25, 0.3) is 0 Å². The topological polar surface area (TPSA) is 95.2 Å². The van der Waals surface area contributed by atoms with Crippen molar-refractivity contribution >= 4 is 32.7 Å². The fourth-order valence-electron chi connectivity index (χ4n) is 4.09. The molecular weight excluding hydrogens is 443 g/mol. The lowest BCUT2D eigenvalue weighted by Gasteiger charge is -2.23. The third-order valence-corrected chi connectivity index (χ3v) is 7.64. The molecule has 33 heavy (non-hydrogen) atoms. The summed E-state index contributed by atoms with van der Waals surface area (Å²) in [7, 11) is -3.92. The first kappa shape index (κ1) is 21.3. The van der Waals surface area contributed by atoms with Crippen molar-refractivity contribution in [2.75, 3.05) is 11.9 Å². The molecule has 0 bridgehead atoms. The number of rotatable bonds is 5. The van der Waals surface area contributed by atoms with Gasteiger partial charge in [-0.05, 0) is 61.4 Å². The van der Waals surface area contributed by atoms with Gasteiger partial charge < -0.3 is 10.3 Å². The summed E-state index contributed by atoms with van der Waals surface area (Å²) in [4.78, 5) is 20.9. The highest BCUT2D eigenvalue weighted by atomic mass is 32.2. The summed E-state index contributed by atoms with van der Waals surface area (Å²) in [6.07, 6.45) is 0.979. The van der Waals surface area contributed by atoms with E-state index in [1.54, 1.807) is 18.2 Å². The number of para-hydroxylation sites is 2. The zero-order valence-electron chi connectivity index (χ0n) is 17.5. The van der Waals surface area contributed by atoms with Gasteiger partial charge in [0.05, 0.1) is 15.9 Å². The van der Waals surface area contributed by atoms with E-state index in [0.29, 0.717) is 24.4 Å². The van der Waals surface area contributed by atoms with Gasteiger partial charge in [0.1, 0.15) is 17.7 Å². The number of carbonyl (C=O) groups excluding carboxylic acids is 1. The first-order valence-corrected chi connectivity index (χ1v) is 12.0. The van der Waals surface area contributed by atoms with Crippen LogP contribution in [0.2, 0.25) is 0 Å². The van der Waals surface area contributed by atoms with Crippen LogP contribution in [0.5, 0.6) is 0 Å². The molecule has 1 saturated heterocycles. The van der Waals surface area contributed by atoms with Crippen molar-refractivity contribution in [3.63, 3.8) is 0 Å². The number of nitrogens with zero attached hydrogens (tertiary/aromatic N) is 2. The summed E-state index contributed by atoms with van der Waals surface area (Å²) >= 11 is 0. The van der Waals surface area contributed by atoms with Crippen LogP contribution in [-0.2, 0) is 14.8 Å². The van der Waals surface area contributed by atoms with Crippen LogP contribution in [0.4, 0.5) is 10.1 Å². The van der Waals surface area contributed by atoms with E-state index in [4.69, 9.17) is 0 Å². The number of anilines is 1. The third-order valence-electron chi connectivity index (χ3n) is 5.72. The van der Waals surface area contributed by atoms with Crippen LogP contribution >= 0.6 is 0 Å². The SMILES string of the molecule is O=C(Nc1cccc(-c2nc3ccccc3[nH]2)c1)[C@H]1CCCN1S(=O)(=O)c1ccc(F)cc1. The molecule has 2 heterocycles. The minimum absolute atomic E-state index is 0.0320. The predicted octanol–water partition coefficient (Wildman–Crippen LogP) is 4.16. The van der Waals surface area contributed by atoms with Gasteiger partial charge in [0.15, 0.2) is 0 Å². The van der Waals surface area contributed by atoms with Gasteiger partial charge in [-0.1, -0.05) is 24.3 Å². The molecule has 1 atom stereocenters. The molecule has 2 N–H and O–H groups in total. The molecule has 9 heteroatoms. The highest BCUT2D eigenvalue weighted by Crippen LogP contribution is 2.28. The van der Waals surface area contributed by atoms with Crippen LogP contribution in [0.3, 0.4) is 0 Å². The quantitative estimate of drug-likeness (QED) is 0.464. The Hall–Kier alpha value is -3.56. The van der Waals surface area contributed by atoms with Crippen LogP contribution in [0, 0.1) is 5.82 Å². The minimum atomic E-state index is -3.92. The van der Waals surface area contributed by atoms with Crippen molar-refractivity contribution < 1.29 is 17.6 Å². The predicted molar refractivity (Wildman–Crippen MR) is 123 cm³/mol. The zero-order chi connectivity index (χ0) is 23.0. The Balaban J connectivity index is 1.37. The zero-order valence-corrected chi connectivity index (χ0v) is 18.3.